The Morgan fingerprint density at radius 2 is 2.05 bits per heavy atom. The number of rotatable bonds is 3. The first-order chi connectivity index (χ1) is 9.79. The molecule has 2 rings (SSSR count). The molecule has 0 bridgehead atoms. The van der Waals surface area contributed by atoms with Crippen molar-refractivity contribution in [2.75, 3.05) is 26.3 Å². The van der Waals surface area contributed by atoms with Crippen LogP contribution in [0.3, 0.4) is 0 Å². The molecule has 0 aromatic carbocycles. The van der Waals surface area contributed by atoms with Gasteiger partial charge >= 0.3 is 12.0 Å². The summed E-state index contributed by atoms with van der Waals surface area (Å²) in [7, 11) is 0. The molecule has 2 unspecified atom stereocenters. The van der Waals surface area contributed by atoms with Crippen molar-refractivity contribution in [3.8, 4) is 0 Å². The minimum absolute atomic E-state index is 0.00130. The number of aliphatic carboxylic acids is 1. The molecular weight excluding hydrogens is 272 g/mol. The van der Waals surface area contributed by atoms with E-state index in [9.17, 15) is 14.7 Å². The Kier molecular flexibility index (Phi) is 4.46. The normalized spacial score (nSPS) is 33.2. The van der Waals surface area contributed by atoms with E-state index in [1.807, 2.05) is 20.8 Å². The van der Waals surface area contributed by atoms with Gasteiger partial charge in [0.15, 0.2) is 0 Å². The molecule has 2 fully saturated rings. The van der Waals surface area contributed by atoms with Crippen LogP contribution >= 0.6 is 0 Å². The summed E-state index contributed by atoms with van der Waals surface area (Å²) in [5.74, 6) is -0.804. The van der Waals surface area contributed by atoms with Crippen LogP contribution in [0.4, 0.5) is 4.79 Å². The molecule has 2 N–H and O–H groups in total. The molecule has 2 amide bonds. The average Bonchev–Trinajstić information content (AvgIpc) is 2.85. The van der Waals surface area contributed by atoms with Crippen molar-refractivity contribution in [2.24, 2.45) is 11.3 Å². The molecule has 21 heavy (non-hydrogen) atoms. The van der Waals surface area contributed by atoms with E-state index < -0.39 is 11.4 Å². The first kappa shape index (κ1) is 16.1. The van der Waals surface area contributed by atoms with E-state index >= 15 is 0 Å². The van der Waals surface area contributed by atoms with Crippen molar-refractivity contribution < 1.29 is 19.4 Å². The lowest BCUT2D eigenvalue weighted by Gasteiger charge is -2.36. The summed E-state index contributed by atoms with van der Waals surface area (Å²) in [6.45, 7) is 7.83. The number of carboxylic acid groups (broad SMARTS) is 1. The van der Waals surface area contributed by atoms with Gasteiger partial charge in [-0.2, -0.15) is 0 Å². The van der Waals surface area contributed by atoms with E-state index in [0.717, 1.165) is 19.4 Å². The number of hydrogen-bond acceptors (Lipinski definition) is 3. The van der Waals surface area contributed by atoms with Crippen LogP contribution in [0, 0.1) is 11.3 Å². The summed E-state index contributed by atoms with van der Waals surface area (Å²) in [5, 5.41) is 12.5. The van der Waals surface area contributed by atoms with Gasteiger partial charge in [-0.25, -0.2) is 4.79 Å². The predicted octanol–water partition coefficient (Wildman–Crippen LogP) is 1.70. The quantitative estimate of drug-likeness (QED) is 0.831. The average molecular weight is 298 g/mol. The Balaban J connectivity index is 2.00. The van der Waals surface area contributed by atoms with E-state index in [0.29, 0.717) is 19.6 Å². The molecule has 6 heteroatoms. The van der Waals surface area contributed by atoms with Gasteiger partial charge < -0.3 is 20.1 Å². The SMILES string of the molecule is CC(C)C1(C(=O)O)CCN(C(=O)NC2(C)CCCOC2)C1. The fourth-order valence-corrected chi connectivity index (χ4v) is 3.27. The van der Waals surface area contributed by atoms with Crippen LogP contribution in [-0.2, 0) is 9.53 Å². The largest absolute Gasteiger partial charge is 0.481 e. The zero-order valence-corrected chi connectivity index (χ0v) is 13.1. The number of ether oxygens (including phenoxy) is 1. The lowest BCUT2D eigenvalue weighted by Crippen LogP contribution is -2.55. The van der Waals surface area contributed by atoms with Crippen LogP contribution in [0.25, 0.3) is 0 Å². The highest BCUT2D eigenvalue weighted by Gasteiger charge is 2.49. The zero-order chi connectivity index (χ0) is 15.7. The third-order valence-electron chi connectivity index (χ3n) is 4.97. The molecule has 0 radical (unpaired) electrons. The van der Waals surface area contributed by atoms with Crippen molar-refractivity contribution in [3.63, 3.8) is 0 Å². The molecule has 2 atom stereocenters. The van der Waals surface area contributed by atoms with Crippen molar-refractivity contribution in [1.82, 2.24) is 10.2 Å². The summed E-state index contributed by atoms with van der Waals surface area (Å²) in [4.78, 5) is 25.7. The maximum Gasteiger partial charge on any atom is 0.317 e. The van der Waals surface area contributed by atoms with Gasteiger partial charge in [0.2, 0.25) is 0 Å². The Labute approximate surface area is 125 Å². The van der Waals surface area contributed by atoms with Gasteiger partial charge in [-0.1, -0.05) is 13.8 Å². The van der Waals surface area contributed by atoms with Gasteiger partial charge in [-0.15, -0.1) is 0 Å². The molecule has 0 aromatic rings. The molecular formula is C15H26N2O4. The fraction of sp³-hybridized carbons (Fsp3) is 0.867. The summed E-state index contributed by atoms with van der Waals surface area (Å²) in [5.41, 5.74) is -1.16. The van der Waals surface area contributed by atoms with Gasteiger partial charge in [-0.05, 0) is 32.1 Å². The number of likely N-dealkylation sites (tertiary alicyclic amines) is 1. The lowest BCUT2D eigenvalue weighted by atomic mass is 9.76. The van der Waals surface area contributed by atoms with E-state index in [-0.39, 0.29) is 24.0 Å². The second-order valence-electron chi connectivity index (χ2n) is 6.93. The van der Waals surface area contributed by atoms with Crippen molar-refractivity contribution >= 4 is 12.0 Å². The predicted molar refractivity (Wildman–Crippen MR) is 78.1 cm³/mol. The van der Waals surface area contributed by atoms with Gasteiger partial charge in [-0.3, -0.25) is 4.79 Å². The number of urea groups is 1. The molecule has 2 aliphatic rings. The maximum absolute atomic E-state index is 12.4. The van der Waals surface area contributed by atoms with Crippen LogP contribution in [0.2, 0.25) is 0 Å². The van der Waals surface area contributed by atoms with Gasteiger partial charge in [0, 0.05) is 19.7 Å². The standard InChI is InChI=1S/C15H26N2O4/c1-11(2)15(12(18)19)6-7-17(9-15)13(20)16-14(3)5-4-8-21-10-14/h11H,4-10H2,1-3H3,(H,16,20)(H,18,19). The molecule has 2 saturated heterocycles. The Bertz CT molecular complexity index is 418. The van der Waals surface area contributed by atoms with Crippen molar-refractivity contribution in [1.29, 1.82) is 0 Å². The summed E-state index contributed by atoms with van der Waals surface area (Å²) >= 11 is 0. The molecule has 0 aliphatic carbocycles. The topological polar surface area (TPSA) is 78.9 Å². The van der Waals surface area contributed by atoms with Crippen LogP contribution in [0.15, 0.2) is 0 Å². The highest BCUT2D eigenvalue weighted by molar-refractivity contribution is 5.80. The second-order valence-corrected chi connectivity index (χ2v) is 6.93. The van der Waals surface area contributed by atoms with Crippen LogP contribution in [0.1, 0.15) is 40.0 Å². The number of carboxylic acids is 1. The number of carbonyl (C=O) groups excluding carboxylic acids is 1. The third-order valence-corrected chi connectivity index (χ3v) is 4.97. The first-order valence-corrected chi connectivity index (χ1v) is 7.67. The van der Waals surface area contributed by atoms with Crippen molar-refractivity contribution in [3.05, 3.63) is 0 Å². The highest BCUT2D eigenvalue weighted by atomic mass is 16.5. The maximum atomic E-state index is 12.4. The lowest BCUT2D eigenvalue weighted by molar-refractivity contribution is -0.150. The summed E-state index contributed by atoms with van der Waals surface area (Å²) in [6.07, 6.45) is 2.34. The number of nitrogens with one attached hydrogen (secondary N) is 1. The fourth-order valence-electron chi connectivity index (χ4n) is 3.27. The summed E-state index contributed by atoms with van der Waals surface area (Å²) < 4.78 is 5.44. The summed E-state index contributed by atoms with van der Waals surface area (Å²) in [6, 6.07) is -0.174. The van der Waals surface area contributed by atoms with Gasteiger partial charge in [0.25, 0.3) is 0 Å². The van der Waals surface area contributed by atoms with Crippen LogP contribution in [-0.4, -0.2) is 53.8 Å². The number of nitrogens with zero attached hydrogens (tertiary/aromatic N) is 1. The van der Waals surface area contributed by atoms with Crippen LogP contribution < -0.4 is 5.32 Å². The molecule has 2 aliphatic heterocycles. The monoisotopic (exact) mass is 298 g/mol. The van der Waals surface area contributed by atoms with Crippen LogP contribution in [0.5, 0.6) is 0 Å². The molecule has 0 saturated carbocycles. The third kappa shape index (κ3) is 3.15. The highest BCUT2D eigenvalue weighted by Crippen LogP contribution is 2.38. The Morgan fingerprint density at radius 3 is 2.52 bits per heavy atom. The van der Waals surface area contributed by atoms with Crippen molar-refractivity contribution in [2.45, 2.75) is 45.6 Å². The Morgan fingerprint density at radius 1 is 1.33 bits per heavy atom. The van der Waals surface area contributed by atoms with E-state index in [2.05, 4.69) is 5.32 Å². The van der Waals surface area contributed by atoms with E-state index in [1.165, 1.54) is 0 Å². The molecule has 0 aromatic heterocycles. The number of hydrogen-bond donors (Lipinski definition) is 2. The second kappa shape index (κ2) is 5.83. The number of amides is 2. The minimum atomic E-state index is -0.818. The molecule has 6 nitrogen and oxygen atoms in total. The first-order valence-electron chi connectivity index (χ1n) is 7.67. The van der Waals surface area contributed by atoms with E-state index in [4.69, 9.17) is 4.74 Å². The molecule has 0 spiro atoms. The smallest absolute Gasteiger partial charge is 0.317 e. The van der Waals surface area contributed by atoms with Gasteiger partial charge in [0.05, 0.1) is 17.6 Å². The molecule has 2 heterocycles. The zero-order valence-electron chi connectivity index (χ0n) is 13.1. The Hall–Kier alpha value is -1.30. The number of carbonyl (C=O) groups is 2. The van der Waals surface area contributed by atoms with Gasteiger partial charge in [0.1, 0.15) is 0 Å². The minimum Gasteiger partial charge on any atom is -0.481 e. The van der Waals surface area contributed by atoms with E-state index in [1.54, 1.807) is 4.90 Å². The molecule has 120 valence electrons.